The van der Waals surface area contributed by atoms with Crippen LogP contribution in [0.5, 0.6) is 0 Å². The van der Waals surface area contributed by atoms with Gasteiger partial charge in [-0.15, -0.1) is 0 Å². The minimum Gasteiger partial charge on any atom is -0.469 e. The summed E-state index contributed by atoms with van der Waals surface area (Å²) in [5.74, 6) is 0.747. The van der Waals surface area contributed by atoms with E-state index in [0.717, 1.165) is 38.3 Å². The largest absolute Gasteiger partial charge is 0.469 e. The van der Waals surface area contributed by atoms with Gasteiger partial charge in [0, 0.05) is 26.6 Å². The molecule has 0 bridgehead atoms. The van der Waals surface area contributed by atoms with Gasteiger partial charge >= 0.3 is 5.97 Å². The van der Waals surface area contributed by atoms with Gasteiger partial charge in [-0.1, -0.05) is 32.6 Å². The van der Waals surface area contributed by atoms with Crippen molar-refractivity contribution in [3.05, 3.63) is 0 Å². The van der Waals surface area contributed by atoms with E-state index in [-0.39, 0.29) is 5.97 Å². The fourth-order valence-electron chi connectivity index (χ4n) is 1.86. The maximum Gasteiger partial charge on any atom is 0.305 e. The minimum absolute atomic E-state index is 0.123. The molecule has 20 heavy (non-hydrogen) atoms. The summed E-state index contributed by atoms with van der Waals surface area (Å²) in [5, 5.41) is 6.60. The zero-order valence-corrected chi connectivity index (χ0v) is 13.3. The van der Waals surface area contributed by atoms with Gasteiger partial charge < -0.3 is 15.4 Å². The molecule has 0 aromatic heterocycles. The molecule has 0 radical (unpaired) electrons. The van der Waals surface area contributed by atoms with Crippen LogP contribution < -0.4 is 10.6 Å². The van der Waals surface area contributed by atoms with Crippen molar-refractivity contribution in [2.45, 2.75) is 58.3 Å². The van der Waals surface area contributed by atoms with Crippen LogP contribution in [0.2, 0.25) is 0 Å². The summed E-state index contributed by atoms with van der Waals surface area (Å²) in [6.45, 7) is 4.08. The van der Waals surface area contributed by atoms with Crippen molar-refractivity contribution in [2.24, 2.45) is 4.99 Å². The Morgan fingerprint density at radius 2 is 1.60 bits per heavy atom. The molecule has 5 heteroatoms. The maximum absolute atomic E-state index is 10.9. The van der Waals surface area contributed by atoms with E-state index in [1.54, 1.807) is 7.05 Å². The molecular formula is C15H31N3O2. The molecule has 0 unspecified atom stereocenters. The molecule has 2 N–H and O–H groups in total. The second-order valence-corrected chi connectivity index (χ2v) is 4.87. The molecule has 0 aromatic carbocycles. The molecule has 5 nitrogen and oxygen atoms in total. The van der Waals surface area contributed by atoms with E-state index in [1.165, 1.54) is 32.8 Å². The lowest BCUT2D eigenvalue weighted by Crippen LogP contribution is -2.38. The van der Waals surface area contributed by atoms with E-state index in [2.05, 4.69) is 27.3 Å². The van der Waals surface area contributed by atoms with Crippen LogP contribution in [0.3, 0.4) is 0 Å². The summed E-state index contributed by atoms with van der Waals surface area (Å²) in [6, 6.07) is 0. The number of nitrogens with zero attached hydrogens (tertiary/aromatic N) is 1. The molecule has 0 aliphatic rings. The van der Waals surface area contributed by atoms with Gasteiger partial charge in [-0.05, 0) is 19.3 Å². The number of esters is 1. The van der Waals surface area contributed by atoms with Crippen LogP contribution in [0.4, 0.5) is 0 Å². The normalized spacial score (nSPS) is 11.2. The Balaban J connectivity index is 3.44. The van der Waals surface area contributed by atoms with E-state index in [1.807, 2.05) is 0 Å². The number of ether oxygens (including phenoxy) is 1. The molecule has 0 rings (SSSR count). The molecule has 0 spiro atoms. The number of methoxy groups -OCH3 is 1. The van der Waals surface area contributed by atoms with Gasteiger partial charge in [-0.2, -0.15) is 0 Å². The summed E-state index contributed by atoms with van der Waals surface area (Å²) in [6.07, 6.45) is 8.48. The average molecular weight is 285 g/mol. The lowest BCUT2D eigenvalue weighted by atomic mass is 10.2. The van der Waals surface area contributed by atoms with Crippen LogP contribution >= 0.6 is 0 Å². The van der Waals surface area contributed by atoms with Crippen molar-refractivity contribution in [1.29, 1.82) is 0 Å². The third-order valence-corrected chi connectivity index (χ3v) is 3.12. The lowest BCUT2D eigenvalue weighted by molar-refractivity contribution is -0.140. The van der Waals surface area contributed by atoms with Crippen LogP contribution in [0, 0.1) is 0 Å². The van der Waals surface area contributed by atoms with Gasteiger partial charge in [-0.25, -0.2) is 0 Å². The Bertz CT molecular complexity index is 268. The Kier molecular flexibility index (Phi) is 13.3. The van der Waals surface area contributed by atoms with Gasteiger partial charge in [-0.3, -0.25) is 9.79 Å². The predicted molar refractivity (Wildman–Crippen MR) is 84.0 cm³/mol. The van der Waals surface area contributed by atoms with Crippen molar-refractivity contribution in [3.63, 3.8) is 0 Å². The van der Waals surface area contributed by atoms with Crippen molar-refractivity contribution in [1.82, 2.24) is 10.6 Å². The van der Waals surface area contributed by atoms with Crippen LogP contribution in [0.25, 0.3) is 0 Å². The Hall–Kier alpha value is -1.26. The number of hydrogen-bond acceptors (Lipinski definition) is 3. The van der Waals surface area contributed by atoms with E-state index in [0.29, 0.717) is 6.42 Å². The minimum atomic E-state index is -0.123. The average Bonchev–Trinajstić information content (AvgIpc) is 2.47. The van der Waals surface area contributed by atoms with Crippen LogP contribution in [0.15, 0.2) is 4.99 Å². The number of aliphatic imine (C=N–C) groups is 1. The van der Waals surface area contributed by atoms with Crippen LogP contribution in [-0.4, -0.2) is 39.2 Å². The number of carbonyl (C=O) groups excluding carboxylic acids is 1. The van der Waals surface area contributed by atoms with Gasteiger partial charge in [0.15, 0.2) is 5.96 Å². The zero-order valence-electron chi connectivity index (χ0n) is 13.3. The number of unbranched alkanes of at least 4 members (excludes halogenated alkanes) is 5. The fraction of sp³-hybridized carbons (Fsp3) is 0.867. The molecule has 0 aliphatic heterocycles. The number of hydrogen-bond donors (Lipinski definition) is 2. The molecular weight excluding hydrogens is 254 g/mol. The molecule has 0 atom stereocenters. The molecule has 0 aromatic rings. The monoisotopic (exact) mass is 285 g/mol. The number of carbonyl (C=O) groups is 1. The quantitative estimate of drug-likeness (QED) is 0.265. The van der Waals surface area contributed by atoms with Gasteiger partial charge in [0.25, 0.3) is 0 Å². The SMILES string of the molecule is CCCCCCNC(=NC)NCCCCCC(=O)OC. The van der Waals surface area contributed by atoms with E-state index < -0.39 is 0 Å². The third kappa shape index (κ3) is 11.8. The standard InChI is InChI=1S/C15H31N3O2/c1-4-5-6-9-12-17-15(16-2)18-13-10-7-8-11-14(19)20-3/h4-13H2,1-3H3,(H2,16,17,18). The van der Waals surface area contributed by atoms with Crippen molar-refractivity contribution in [2.75, 3.05) is 27.2 Å². The molecule has 0 aliphatic carbocycles. The summed E-state index contributed by atoms with van der Waals surface area (Å²) < 4.78 is 4.60. The topological polar surface area (TPSA) is 62.7 Å². The molecule has 118 valence electrons. The summed E-state index contributed by atoms with van der Waals surface area (Å²) in [4.78, 5) is 15.1. The highest BCUT2D eigenvalue weighted by Crippen LogP contribution is 2.00. The first kappa shape index (κ1) is 18.7. The van der Waals surface area contributed by atoms with Crippen molar-refractivity contribution in [3.8, 4) is 0 Å². The van der Waals surface area contributed by atoms with Gasteiger partial charge in [0.05, 0.1) is 7.11 Å². The summed E-state index contributed by atoms with van der Waals surface area (Å²) in [7, 11) is 3.22. The third-order valence-electron chi connectivity index (χ3n) is 3.12. The lowest BCUT2D eigenvalue weighted by Gasteiger charge is -2.11. The highest BCUT2D eigenvalue weighted by Gasteiger charge is 2.00. The molecule has 0 amide bonds. The Morgan fingerprint density at radius 1 is 1.00 bits per heavy atom. The second kappa shape index (κ2) is 14.2. The first-order chi connectivity index (χ1) is 9.74. The van der Waals surface area contributed by atoms with E-state index >= 15 is 0 Å². The number of rotatable bonds is 11. The molecule has 0 saturated carbocycles. The zero-order chi connectivity index (χ0) is 15.1. The van der Waals surface area contributed by atoms with E-state index in [4.69, 9.17) is 0 Å². The first-order valence-electron chi connectivity index (χ1n) is 7.76. The van der Waals surface area contributed by atoms with Gasteiger partial charge in [0.1, 0.15) is 0 Å². The Morgan fingerprint density at radius 3 is 2.10 bits per heavy atom. The first-order valence-corrected chi connectivity index (χ1v) is 7.76. The van der Waals surface area contributed by atoms with Gasteiger partial charge in [0.2, 0.25) is 0 Å². The highest BCUT2D eigenvalue weighted by atomic mass is 16.5. The van der Waals surface area contributed by atoms with E-state index in [9.17, 15) is 4.79 Å². The van der Waals surface area contributed by atoms with Crippen LogP contribution in [0.1, 0.15) is 58.3 Å². The maximum atomic E-state index is 10.9. The van der Waals surface area contributed by atoms with Crippen molar-refractivity contribution >= 4 is 11.9 Å². The highest BCUT2D eigenvalue weighted by molar-refractivity contribution is 5.79. The summed E-state index contributed by atoms with van der Waals surface area (Å²) >= 11 is 0. The molecule has 0 fully saturated rings. The molecule has 0 saturated heterocycles. The molecule has 0 heterocycles. The van der Waals surface area contributed by atoms with Crippen molar-refractivity contribution < 1.29 is 9.53 Å². The second-order valence-electron chi connectivity index (χ2n) is 4.87. The summed E-state index contributed by atoms with van der Waals surface area (Å²) in [5.41, 5.74) is 0. The predicted octanol–water partition coefficient (Wildman–Crippen LogP) is 2.47. The number of guanidine groups is 1. The smallest absolute Gasteiger partial charge is 0.305 e. The fourth-order valence-corrected chi connectivity index (χ4v) is 1.86. The number of nitrogens with one attached hydrogen (secondary N) is 2. The van der Waals surface area contributed by atoms with Crippen LogP contribution in [-0.2, 0) is 9.53 Å². The Labute approximate surface area is 123 Å².